The first-order chi connectivity index (χ1) is 10.1. The van der Waals surface area contributed by atoms with Crippen molar-refractivity contribution in [2.45, 2.75) is 13.5 Å². The van der Waals surface area contributed by atoms with Crippen LogP contribution in [-0.4, -0.2) is 25.8 Å². The van der Waals surface area contributed by atoms with Gasteiger partial charge in [0.25, 0.3) is 0 Å². The number of hydrogen-bond acceptors (Lipinski definition) is 4. The first-order valence-electron chi connectivity index (χ1n) is 6.41. The van der Waals surface area contributed by atoms with Gasteiger partial charge < -0.3 is 14.2 Å². The van der Waals surface area contributed by atoms with Gasteiger partial charge in [-0.3, -0.25) is 4.79 Å². The quantitative estimate of drug-likeness (QED) is 0.796. The monoisotopic (exact) mass is 283 g/mol. The van der Waals surface area contributed by atoms with E-state index in [2.05, 4.69) is 10.1 Å². The van der Waals surface area contributed by atoms with Gasteiger partial charge in [0.05, 0.1) is 17.7 Å². The third-order valence-electron chi connectivity index (χ3n) is 3.05. The van der Waals surface area contributed by atoms with E-state index in [1.165, 1.54) is 6.33 Å². The predicted molar refractivity (Wildman–Crippen MR) is 75.5 cm³/mol. The average molecular weight is 283 g/mol. The molecule has 0 saturated heterocycles. The lowest BCUT2D eigenvalue weighted by Crippen LogP contribution is -2.08. The SMILES string of the molecule is Cc1cc(-c2c(-c3ccccc3)ncn2CC(=O)O)on1. The van der Waals surface area contributed by atoms with Crippen LogP contribution in [0.4, 0.5) is 0 Å². The highest BCUT2D eigenvalue weighted by atomic mass is 16.5. The molecule has 0 amide bonds. The van der Waals surface area contributed by atoms with Gasteiger partial charge in [0.1, 0.15) is 12.2 Å². The standard InChI is InChI=1S/C15H13N3O3/c1-10-7-12(21-17-10)15-14(11-5-3-2-4-6-11)16-9-18(15)8-13(19)20/h2-7,9H,8H2,1H3,(H,19,20). The molecule has 0 aliphatic heterocycles. The minimum Gasteiger partial charge on any atom is -0.480 e. The maximum Gasteiger partial charge on any atom is 0.323 e. The Kier molecular flexibility index (Phi) is 3.27. The van der Waals surface area contributed by atoms with Gasteiger partial charge in [-0.1, -0.05) is 35.5 Å². The van der Waals surface area contributed by atoms with E-state index in [9.17, 15) is 4.79 Å². The molecule has 0 radical (unpaired) electrons. The van der Waals surface area contributed by atoms with Gasteiger partial charge in [0.15, 0.2) is 5.76 Å². The van der Waals surface area contributed by atoms with E-state index >= 15 is 0 Å². The van der Waals surface area contributed by atoms with Crippen molar-refractivity contribution in [2.24, 2.45) is 0 Å². The average Bonchev–Trinajstić information content (AvgIpc) is 3.05. The molecule has 6 heteroatoms. The molecule has 6 nitrogen and oxygen atoms in total. The number of nitrogens with zero attached hydrogens (tertiary/aromatic N) is 3. The lowest BCUT2D eigenvalue weighted by molar-refractivity contribution is -0.137. The molecule has 0 atom stereocenters. The molecule has 0 spiro atoms. The molecule has 3 rings (SSSR count). The largest absolute Gasteiger partial charge is 0.480 e. The number of benzene rings is 1. The van der Waals surface area contributed by atoms with Gasteiger partial charge in [-0.05, 0) is 6.92 Å². The highest BCUT2D eigenvalue weighted by molar-refractivity contribution is 5.77. The molecular formula is C15H13N3O3. The fraction of sp³-hybridized carbons (Fsp3) is 0.133. The number of carboxylic acid groups (broad SMARTS) is 1. The Morgan fingerprint density at radius 1 is 1.33 bits per heavy atom. The van der Waals surface area contributed by atoms with Crippen molar-refractivity contribution < 1.29 is 14.4 Å². The molecule has 0 aliphatic rings. The summed E-state index contributed by atoms with van der Waals surface area (Å²) in [6.07, 6.45) is 1.50. The normalized spacial score (nSPS) is 10.7. The maximum absolute atomic E-state index is 11.0. The van der Waals surface area contributed by atoms with Crippen LogP contribution in [0.5, 0.6) is 0 Å². The molecule has 21 heavy (non-hydrogen) atoms. The minimum atomic E-state index is -0.940. The molecule has 0 bridgehead atoms. The molecule has 1 N–H and O–H groups in total. The minimum absolute atomic E-state index is 0.186. The smallest absolute Gasteiger partial charge is 0.323 e. The third kappa shape index (κ3) is 2.55. The number of rotatable bonds is 4. The molecule has 2 heterocycles. The maximum atomic E-state index is 11.0. The van der Waals surface area contributed by atoms with E-state index < -0.39 is 5.97 Å². The Labute approximate surface area is 120 Å². The summed E-state index contributed by atoms with van der Waals surface area (Å²) in [6, 6.07) is 11.3. The fourth-order valence-electron chi connectivity index (χ4n) is 2.19. The van der Waals surface area contributed by atoms with Gasteiger partial charge in [0, 0.05) is 11.6 Å². The first kappa shape index (κ1) is 13.1. The summed E-state index contributed by atoms with van der Waals surface area (Å²) >= 11 is 0. The van der Waals surface area contributed by atoms with Crippen LogP contribution in [0.1, 0.15) is 5.69 Å². The Hall–Kier alpha value is -2.89. The summed E-state index contributed by atoms with van der Waals surface area (Å²) in [5, 5.41) is 12.9. The van der Waals surface area contributed by atoms with Crippen LogP contribution >= 0.6 is 0 Å². The van der Waals surface area contributed by atoms with Crippen LogP contribution < -0.4 is 0 Å². The number of aryl methyl sites for hydroxylation is 1. The second-order valence-electron chi connectivity index (χ2n) is 4.66. The zero-order chi connectivity index (χ0) is 14.8. The third-order valence-corrected chi connectivity index (χ3v) is 3.05. The zero-order valence-electron chi connectivity index (χ0n) is 11.4. The number of hydrogen-bond donors (Lipinski definition) is 1. The Morgan fingerprint density at radius 2 is 2.10 bits per heavy atom. The van der Waals surface area contributed by atoms with Gasteiger partial charge in [-0.25, -0.2) is 4.98 Å². The summed E-state index contributed by atoms with van der Waals surface area (Å²) in [7, 11) is 0. The molecule has 0 unspecified atom stereocenters. The van der Waals surface area contributed by atoms with Gasteiger partial charge in [-0.2, -0.15) is 0 Å². The molecule has 106 valence electrons. The van der Waals surface area contributed by atoms with E-state index in [0.717, 1.165) is 11.3 Å². The van der Waals surface area contributed by atoms with Gasteiger partial charge in [0.2, 0.25) is 0 Å². The van der Waals surface area contributed by atoms with Crippen LogP contribution in [0, 0.1) is 6.92 Å². The van der Waals surface area contributed by atoms with Gasteiger partial charge in [-0.15, -0.1) is 0 Å². The second kappa shape index (κ2) is 5.24. The lowest BCUT2D eigenvalue weighted by Gasteiger charge is -2.05. The second-order valence-corrected chi connectivity index (χ2v) is 4.66. The lowest BCUT2D eigenvalue weighted by atomic mass is 10.1. The number of aliphatic carboxylic acids is 1. The van der Waals surface area contributed by atoms with E-state index in [4.69, 9.17) is 9.63 Å². The molecular weight excluding hydrogens is 270 g/mol. The Morgan fingerprint density at radius 3 is 2.71 bits per heavy atom. The van der Waals surface area contributed by atoms with E-state index in [-0.39, 0.29) is 6.54 Å². The summed E-state index contributed by atoms with van der Waals surface area (Å²) in [4.78, 5) is 15.3. The molecule has 2 aromatic heterocycles. The highest BCUT2D eigenvalue weighted by Gasteiger charge is 2.19. The summed E-state index contributed by atoms with van der Waals surface area (Å²) in [5.41, 5.74) is 2.91. The van der Waals surface area contributed by atoms with Crippen molar-refractivity contribution in [3.63, 3.8) is 0 Å². The van der Waals surface area contributed by atoms with Crippen LogP contribution in [0.3, 0.4) is 0 Å². The predicted octanol–water partition coefficient (Wildman–Crippen LogP) is 2.60. The van der Waals surface area contributed by atoms with Crippen molar-refractivity contribution in [2.75, 3.05) is 0 Å². The molecule has 0 aliphatic carbocycles. The Balaban J connectivity index is 2.17. The van der Waals surface area contributed by atoms with Crippen LogP contribution in [0.2, 0.25) is 0 Å². The summed E-state index contributed by atoms with van der Waals surface area (Å²) in [6.45, 7) is 1.63. The number of aromatic nitrogens is 3. The number of carboxylic acids is 1. The van der Waals surface area contributed by atoms with Crippen molar-refractivity contribution in [1.29, 1.82) is 0 Å². The number of imidazole rings is 1. The fourth-order valence-corrected chi connectivity index (χ4v) is 2.19. The van der Waals surface area contributed by atoms with Crippen LogP contribution in [0.15, 0.2) is 47.2 Å². The molecule has 0 saturated carbocycles. The van der Waals surface area contributed by atoms with E-state index in [1.54, 1.807) is 10.6 Å². The summed E-state index contributed by atoms with van der Waals surface area (Å²) in [5.74, 6) is -0.436. The Bertz CT molecular complexity index is 775. The van der Waals surface area contributed by atoms with Gasteiger partial charge >= 0.3 is 5.97 Å². The first-order valence-corrected chi connectivity index (χ1v) is 6.41. The molecule has 1 aromatic carbocycles. The van der Waals surface area contributed by atoms with E-state index in [1.807, 2.05) is 37.3 Å². The van der Waals surface area contributed by atoms with Crippen LogP contribution in [0.25, 0.3) is 22.7 Å². The number of carbonyl (C=O) groups is 1. The topological polar surface area (TPSA) is 81.2 Å². The van der Waals surface area contributed by atoms with Crippen LogP contribution in [-0.2, 0) is 11.3 Å². The zero-order valence-corrected chi connectivity index (χ0v) is 11.4. The van der Waals surface area contributed by atoms with E-state index in [0.29, 0.717) is 17.1 Å². The highest BCUT2D eigenvalue weighted by Crippen LogP contribution is 2.31. The van der Waals surface area contributed by atoms with Crippen molar-refractivity contribution >= 4 is 5.97 Å². The molecule has 0 fully saturated rings. The van der Waals surface area contributed by atoms with Crippen molar-refractivity contribution in [3.05, 3.63) is 48.4 Å². The van der Waals surface area contributed by atoms with Crippen molar-refractivity contribution in [1.82, 2.24) is 14.7 Å². The molecule has 3 aromatic rings. The summed E-state index contributed by atoms with van der Waals surface area (Å²) < 4.78 is 6.84. The van der Waals surface area contributed by atoms with Crippen molar-refractivity contribution in [3.8, 4) is 22.7 Å².